The van der Waals surface area contributed by atoms with E-state index in [1.54, 1.807) is 13.0 Å². The van der Waals surface area contributed by atoms with Crippen LogP contribution in [0, 0.1) is 13.8 Å². The average Bonchev–Trinajstić information content (AvgIpc) is 3.07. The number of amides is 2. The highest BCUT2D eigenvalue weighted by Gasteiger charge is 2.21. The molecule has 8 nitrogen and oxygen atoms in total. The number of anilines is 1. The number of hydrogen-bond donors (Lipinski definition) is 2. The standard InChI is InChI=1S/C20H27N5O3/c1-15-3-5-17(6-4-15)12-21-19(26)13-24-7-9-25(10-8-24)14-20(27)22-18-11-16(2)28-23-18/h3-6,11H,7-10,12-14H2,1-2H3,(H,21,26)(H,22,23,27). The summed E-state index contributed by atoms with van der Waals surface area (Å²) in [5.74, 6) is 1.00. The molecule has 150 valence electrons. The molecule has 2 amide bonds. The van der Waals surface area contributed by atoms with Crippen LogP contribution in [0.2, 0.25) is 0 Å². The maximum atomic E-state index is 12.2. The Bertz CT molecular complexity index is 794. The lowest BCUT2D eigenvalue weighted by Gasteiger charge is -2.33. The third kappa shape index (κ3) is 6.17. The van der Waals surface area contributed by atoms with Crippen molar-refractivity contribution in [1.29, 1.82) is 0 Å². The van der Waals surface area contributed by atoms with Gasteiger partial charge in [0.1, 0.15) is 5.76 Å². The molecule has 0 saturated carbocycles. The van der Waals surface area contributed by atoms with Gasteiger partial charge in [-0.2, -0.15) is 0 Å². The van der Waals surface area contributed by atoms with Gasteiger partial charge in [-0.3, -0.25) is 19.4 Å². The van der Waals surface area contributed by atoms with Gasteiger partial charge in [-0.05, 0) is 19.4 Å². The Labute approximate surface area is 164 Å². The van der Waals surface area contributed by atoms with Gasteiger partial charge in [-0.15, -0.1) is 0 Å². The van der Waals surface area contributed by atoms with Crippen molar-refractivity contribution in [1.82, 2.24) is 20.3 Å². The molecule has 0 spiro atoms. The number of nitrogens with one attached hydrogen (secondary N) is 2. The molecule has 1 aromatic heterocycles. The second-order valence-electron chi connectivity index (χ2n) is 7.19. The zero-order valence-corrected chi connectivity index (χ0v) is 16.4. The molecule has 0 atom stereocenters. The number of carbonyl (C=O) groups excluding carboxylic acids is 2. The van der Waals surface area contributed by atoms with Gasteiger partial charge < -0.3 is 15.2 Å². The number of aromatic nitrogens is 1. The van der Waals surface area contributed by atoms with Crippen LogP contribution in [0.5, 0.6) is 0 Å². The first-order valence-electron chi connectivity index (χ1n) is 9.48. The molecular formula is C20H27N5O3. The Morgan fingerprint density at radius 3 is 2.18 bits per heavy atom. The van der Waals surface area contributed by atoms with Crippen LogP contribution >= 0.6 is 0 Å². The summed E-state index contributed by atoms with van der Waals surface area (Å²) in [6.45, 7) is 8.06. The van der Waals surface area contributed by atoms with Gasteiger partial charge >= 0.3 is 0 Å². The molecule has 0 unspecified atom stereocenters. The van der Waals surface area contributed by atoms with Crippen molar-refractivity contribution in [3.05, 3.63) is 47.2 Å². The lowest BCUT2D eigenvalue weighted by Crippen LogP contribution is -2.50. The van der Waals surface area contributed by atoms with Gasteiger partial charge in [0.25, 0.3) is 0 Å². The minimum atomic E-state index is -0.113. The van der Waals surface area contributed by atoms with Crippen LogP contribution in [-0.4, -0.2) is 66.0 Å². The van der Waals surface area contributed by atoms with E-state index in [1.165, 1.54) is 5.56 Å². The van der Waals surface area contributed by atoms with Crippen molar-refractivity contribution in [3.8, 4) is 0 Å². The molecular weight excluding hydrogens is 358 g/mol. The van der Waals surface area contributed by atoms with E-state index in [9.17, 15) is 9.59 Å². The molecule has 0 bridgehead atoms. The molecule has 0 radical (unpaired) electrons. The molecule has 1 saturated heterocycles. The Balaban J connectivity index is 1.33. The monoisotopic (exact) mass is 385 g/mol. The quantitative estimate of drug-likeness (QED) is 0.743. The molecule has 1 aromatic carbocycles. The lowest BCUT2D eigenvalue weighted by molar-refractivity contribution is -0.123. The molecule has 3 rings (SSSR count). The fourth-order valence-corrected chi connectivity index (χ4v) is 3.08. The number of carbonyl (C=O) groups is 2. The van der Waals surface area contributed by atoms with Crippen molar-refractivity contribution >= 4 is 17.6 Å². The van der Waals surface area contributed by atoms with E-state index >= 15 is 0 Å². The minimum absolute atomic E-state index is 0.0215. The number of rotatable bonds is 7. The fraction of sp³-hybridized carbons (Fsp3) is 0.450. The maximum absolute atomic E-state index is 12.2. The van der Waals surface area contributed by atoms with E-state index in [4.69, 9.17) is 4.52 Å². The van der Waals surface area contributed by atoms with E-state index in [1.807, 2.05) is 31.2 Å². The first-order chi connectivity index (χ1) is 13.5. The smallest absolute Gasteiger partial charge is 0.239 e. The van der Waals surface area contributed by atoms with Gasteiger partial charge in [0, 0.05) is 38.8 Å². The zero-order valence-electron chi connectivity index (χ0n) is 16.4. The molecule has 1 fully saturated rings. The lowest BCUT2D eigenvalue weighted by atomic mass is 10.1. The van der Waals surface area contributed by atoms with Gasteiger partial charge in [0.15, 0.2) is 5.82 Å². The summed E-state index contributed by atoms with van der Waals surface area (Å²) in [5.41, 5.74) is 2.30. The third-order valence-corrected chi connectivity index (χ3v) is 4.71. The first kappa shape index (κ1) is 20.0. The minimum Gasteiger partial charge on any atom is -0.360 e. The Morgan fingerprint density at radius 1 is 1.00 bits per heavy atom. The van der Waals surface area contributed by atoms with Crippen molar-refractivity contribution in [2.75, 3.05) is 44.6 Å². The van der Waals surface area contributed by atoms with Crippen LogP contribution in [0.15, 0.2) is 34.9 Å². The maximum Gasteiger partial charge on any atom is 0.239 e. The van der Waals surface area contributed by atoms with Crippen LogP contribution in [0.25, 0.3) is 0 Å². The number of aryl methyl sites for hydroxylation is 2. The number of hydrogen-bond acceptors (Lipinski definition) is 6. The molecule has 0 aliphatic carbocycles. The Hall–Kier alpha value is -2.71. The summed E-state index contributed by atoms with van der Waals surface area (Å²) < 4.78 is 4.94. The highest BCUT2D eigenvalue weighted by molar-refractivity contribution is 5.91. The SMILES string of the molecule is Cc1ccc(CNC(=O)CN2CCN(CC(=O)Nc3cc(C)on3)CC2)cc1. The fourth-order valence-electron chi connectivity index (χ4n) is 3.08. The van der Waals surface area contributed by atoms with Crippen molar-refractivity contribution in [2.24, 2.45) is 0 Å². The molecule has 2 N–H and O–H groups in total. The summed E-state index contributed by atoms with van der Waals surface area (Å²) >= 11 is 0. The highest BCUT2D eigenvalue weighted by Crippen LogP contribution is 2.08. The molecule has 8 heteroatoms. The summed E-state index contributed by atoms with van der Waals surface area (Å²) in [4.78, 5) is 28.4. The van der Waals surface area contributed by atoms with Gasteiger partial charge in [-0.1, -0.05) is 35.0 Å². The van der Waals surface area contributed by atoms with Crippen LogP contribution in [0.3, 0.4) is 0 Å². The second-order valence-corrected chi connectivity index (χ2v) is 7.19. The van der Waals surface area contributed by atoms with Crippen LogP contribution < -0.4 is 10.6 Å². The van der Waals surface area contributed by atoms with E-state index < -0.39 is 0 Å². The van der Waals surface area contributed by atoms with Crippen molar-refractivity contribution < 1.29 is 14.1 Å². The topological polar surface area (TPSA) is 90.7 Å². The Kier molecular flexibility index (Phi) is 6.78. The summed E-state index contributed by atoms with van der Waals surface area (Å²) in [7, 11) is 0. The van der Waals surface area contributed by atoms with Gasteiger partial charge in [0.2, 0.25) is 11.8 Å². The average molecular weight is 385 g/mol. The van der Waals surface area contributed by atoms with E-state index in [-0.39, 0.29) is 11.8 Å². The molecule has 2 aromatic rings. The Morgan fingerprint density at radius 2 is 1.61 bits per heavy atom. The van der Waals surface area contributed by atoms with Crippen molar-refractivity contribution in [2.45, 2.75) is 20.4 Å². The summed E-state index contributed by atoms with van der Waals surface area (Å²) in [6, 6.07) is 9.83. The molecule has 1 aliphatic rings. The van der Waals surface area contributed by atoms with Crippen LogP contribution in [0.4, 0.5) is 5.82 Å². The third-order valence-electron chi connectivity index (χ3n) is 4.71. The van der Waals surface area contributed by atoms with Crippen LogP contribution in [-0.2, 0) is 16.1 Å². The highest BCUT2D eigenvalue weighted by atomic mass is 16.5. The molecule has 2 heterocycles. The zero-order chi connectivity index (χ0) is 19.9. The largest absolute Gasteiger partial charge is 0.360 e. The second kappa shape index (κ2) is 9.48. The van der Waals surface area contributed by atoms with E-state index in [2.05, 4.69) is 25.6 Å². The normalized spacial score (nSPS) is 15.4. The molecule has 1 aliphatic heterocycles. The van der Waals surface area contributed by atoms with E-state index in [0.717, 1.165) is 31.7 Å². The summed E-state index contributed by atoms with van der Waals surface area (Å²) in [5, 5.41) is 9.45. The van der Waals surface area contributed by atoms with E-state index in [0.29, 0.717) is 31.2 Å². The number of nitrogens with zero attached hydrogens (tertiary/aromatic N) is 3. The van der Waals surface area contributed by atoms with Gasteiger partial charge in [0.05, 0.1) is 13.1 Å². The number of benzene rings is 1. The number of piperazine rings is 1. The predicted octanol–water partition coefficient (Wildman–Crippen LogP) is 1.16. The van der Waals surface area contributed by atoms with Gasteiger partial charge in [-0.25, -0.2) is 0 Å². The predicted molar refractivity (Wildman–Crippen MR) is 106 cm³/mol. The summed E-state index contributed by atoms with van der Waals surface area (Å²) in [6.07, 6.45) is 0. The van der Waals surface area contributed by atoms with Crippen molar-refractivity contribution in [3.63, 3.8) is 0 Å². The first-order valence-corrected chi connectivity index (χ1v) is 9.48. The molecule has 28 heavy (non-hydrogen) atoms. The van der Waals surface area contributed by atoms with Crippen LogP contribution in [0.1, 0.15) is 16.9 Å².